The highest BCUT2D eigenvalue weighted by Crippen LogP contribution is 2.24. The molecule has 7 heteroatoms. The number of hydrazine groups is 1. The van der Waals surface area contributed by atoms with Crippen molar-refractivity contribution in [3.8, 4) is 0 Å². The fraction of sp³-hybridized carbons (Fsp3) is 0.857. The maximum absolute atomic E-state index is 6.05. The minimum atomic E-state index is 0.0632. The average Bonchev–Trinajstić information content (AvgIpc) is 3.12. The summed E-state index contributed by atoms with van der Waals surface area (Å²) in [6, 6.07) is 0.975. The van der Waals surface area contributed by atoms with Crippen molar-refractivity contribution in [3.63, 3.8) is 0 Å². The molecule has 2 fully saturated rings. The van der Waals surface area contributed by atoms with Crippen LogP contribution >= 0.6 is 0 Å². The van der Waals surface area contributed by atoms with Gasteiger partial charge in [-0.3, -0.25) is 16.2 Å². The summed E-state index contributed by atoms with van der Waals surface area (Å²) in [6.45, 7) is 7.17. The maximum Gasteiger partial charge on any atom is 0.138 e. The van der Waals surface area contributed by atoms with E-state index in [0.717, 1.165) is 25.4 Å². The summed E-state index contributed by atoms with van der Waals surface area (Å²) in [5, 5.41) is 4.29. The summed E-state index contributed by atoms with van der Waals surface area (Å²) in [7, 11) is 0. The average molecular weight is 294 g/mol. The van der Waals surface area contributed by atoms with Crippen LogP contribution in [0.4, 0.5) is 0 Å². The Hall–Kier alpha value is -1.02. The molecule has 0 aliphatic carbocycles. The normalized spacial score (nSPS) is 28.0. The molecule has 118 valence electrons. The van der Waals surface area contributed by atoms with Crippen molar-refractivity contribution in [2.24, 2.45) is 5.84 Å². The van der Waals surface area contributed by atoms with E-state index in [1.54, 1.807) is 6.33 Å². The van der Waals surface area contributed by atoms with Crippen LogP contribution in [0.25, 0.3) is 0 Å². The monoisotopic (exact) mass is 294 g/mol. The van der Waals surface area contributed by atoms with Gasteiger partial charge in [0.2, 0.25) is 0 Å². The molecule has 2 aliphatic rings. The molecule has 0 bridgehead atoms. The van der Waals surface area contributed by atoms with Gasteiger partial charge in [0.1, 0.15) is 12.2 Å². The summed E-state index contributed by atoms with van der Waals surface area (Å²) >= 11 is 0. The van der Waals surface area contributed by atoms with Crippen LogP contribution in [0.15, 0.2) is 6.33 Å². The Morgan fingerprint density at radius 2 is 2.38 bits per heavy atom. The zero-order valence-corrected chi connectivity index (χ0v) is 12.9. The van der Waals surface area contributed by atoms with Crippen LogP contribution in [0.3, 0.4) is 0 Å². The molecule has 1 aromatic rings. The lowest BCUT2D eigenvalue weighted by Gasteiger charge is -2.38. The molecule has 3 atom stereocenters. The van der Waals surface area contributed by atoms with Gasteiger partial charge in [-0.2, -0.15) is 5.10 Å². The molecule has 3 unspecified atom stereocenters. The van der Waals surface area contributed by atoms with Crippen LogP contribution in [-0.4, -0.2) is 57.5 Å². The van der Waals surface area contributed by atoms with Crippen LogP contribution in [0.2, 0.25) is 0 Å². The number of aromatic nitrogens is 3. The van der Waals surface area contributed by atoms with Gasteiger partial charge in [0.25, 0.3) is 0 Å². The van der Waals surface area contributed by atoms with Gasteiger partial charge < -0.3 is 4.74 Å². The molecular weight excluding hydrogens is 268 g/mol. The molecule has 3 heterocycles. The zero-order chi connectivity index (χ0) is 14.8. The predicted molar refractivity (Wildman–Crippen MR) is 79.6 cm³/mol. The molecule has 0 spiro atoms. The number of fused-ring (bicyclic) bond motifs is 1. The number of hydrogen-bond acceptors (Lipinski definition) is 6. The largest absolute Gasteiger partial charge is 0.374 e. The van der Waals surface area contributed by atoms with Crippen LogP contribution in [0, 0.1) is 0 Å². The van der Waals surface area contributed by atoms with Crippen molar-refractivity contribution >= 4 is 0 Å². The predicted octanol–water partition coefficient (Wildman–Crippen LogP) is 0.0966. The number of nitrogens with two attached hydrogens (primary N) is 1. The minimum Gasteiger partial charge on any atom is -0.374 e. The third-order valence-electron chi connectivity index (χ3n) is 4.62. The number of ether oxygens (including phenoxy) is 1. The van der Waals surface area contributed by atoms with E-state index >= 15 is 0 Å². The molecule has 0 aromatic carbocycles. The molecule has 0 amide bonds. The fourth-order valence-corrected chi connectivity index (χ4v) is 3.43. The molecular formula is C14H26N6O. The van der Waals surface area contributed by atoms with E-state index < -0.39 is 0 Å². The highest BCUT2D eigenvalue weighted by molar-refractivity contribution is 4.96. The first-order valence-electron chi connectivity index (χ1n) is 7.89. The number of rotatable bonds is 5. The summed E-state index contributed by atoms with van der Waals surface area (Å²) in [6.07, 6.45) is 5.00. The lowest BCUT2D eigenvalue weighted by atomic mass is 10.0. The third kappa shape index (κ3) is 3.11. The van der Waals surface area contributed by atoms with Crippen molar-refractivity contribution in [2.75, 3.05) is 19.7 Å². The van der Waals surface area contributed by atoms with Crippen molar-refractivity contribution in [1.29, 1.82) is 0 Å². The first-order valence-corrected chi connectivity index (χ1v) is 7.89. The summed E-state index contributed by atoms with van der Waals surface area (Å²) in [4.78, 5) is 6.91. The summed E-state index contributed by atoms with van der Waals surface area (Å²) < 4.78 is 8.00. The van der Waals surface area contributed by atoms with E-state index in [-0.39, 0.29) is 12.1 Å². The fourth-order valence-electron chi connectivity index (χ4n) is 3.43. The van der Waals surface area contributed by atoms with E-state index in [0.29, 0.717) is 12.1 Å². The van der Waals surface area contributed by atoms with Gasteiger partial charge in [-0.25, -0.2) is 9.67 Å². The minimum absolute atomic E-state index is 0.0632. The van der Waals surface area contributed by atoms with Gasteiger partial charge in [0, 0.05) is 25.0 Å². The van der Waals surface area contributed by atoms with Gasteiger partial charge in [0.05, 0.1) is 18.8 Å². The topological polar surface area (TPSA) is 81.2 Å². The smallest absolute Gasteiger partial charge is 0.138 e. The Kier molecular flexibility index (Phi) is 4.54. The van der Waals surface area contributed by atoms with Crippen LogP contribution in [0.5, 0.6) is 0 Å². The Bertz CT molecular complexity index is 462. The molecule has 0 saturated carbocycles. The van der Waals surface area contributed by atoms with E-state index in [4.69, 9.17) is 10.6 Å². The van der Waals surface area contributed by atoms with Crippen LogP contribution in [-0.2, 0) is 11.2 Å². The van der Waals surface area contributed by atoms with Crippen molar-refractivity contribution < 1.29 is 4.74 Å². The quantitative estimate of drug-likeness (QED) is 0.592. The van der Waals surface area contributed by atoms with Crippen LogP contribution < -0.4 is 11.3 Å². The van der Waals surface area contributed by atoms with E-state index in [2.05, 4.69) is 34.3 Å². The van der Waals surface area contributed by atoms with E-state index in [1.165, 1.54) is 19.4 Å². The van der Waals surface area contributed by atoms with Crippen molar-refractivity contribution in [1.82, 2.24) is 25.1 Å². The summed E-state index contributed by atoms with van der Waals surface area (Å²) in [5.41, 5.74) is 2.92. The molecule has 2 saturated heterocycles. The van der Waals surface area contributed by atoms with Crippen molar-refractivity contribution in [3.05, 3.63) is 12.2 Å². The molecule has 21 heavy (non-hydrogen) atoms. The van der Waals surface area contributed by atoms with E-state index in [9.17, 15) is 0 Å². The van der Waals surface area contributed by atoms with Gasteiger partial charge in [0.15, 0.2) is 0 Å². The summed E-state index contributed by atoms with van der Waals surface area (Å²) in [5.74, 6) is 6.74. The van der Waals surface area contributed by atoms with Gasteiger partial charge in [-0.15, -0.1) is 0 Å². The second kappa shape index (κ2) is 6.39. The first kappa shape index (κ1) is 14.9. The highest BCUT2D eigenvalue weighted by Gasteiger charge is 2.36. The lowest BCUT2D eigenvalue weighted by Crippen LogP contribution is -2.56. The first-order chi connectivity index (χ1) is 10.2. The number of morpholine rings is 1. The SMILES string of the molecule is CC(C)n1ncnc1CC(NN)C1CN2CCCC2CO1. The molecule has 3 rings (SSSR count). The maximum atomic E-state index is 6.05. The lowest BCUT2D eigenvalue weighted by molar-refractivity contribution is -0.0648. The number of nitrogens with zero attached hydrogens (tertiary/aromatic N) is 4. The van der Waals surface area contributed by atoms with Crippen molar-refractivity contribution in [2.45, 2.75) is 57.3 Å². The Morgan fingerprint density at radius 1 is 1.52 bits per heavy atom. The third-order valence-corrected chi connectivity index (χ3v) is 4.62. The van der Waals surface area contributed by atoms with Crippen LogP contribution in [0.1, 0.15) is 38.6 Å². The zero-order valence-electron chi connectivity index (χ0n) is 12.9. The van der Waals surface area contributed by atoms with Gasteiger partial charge in [-0.05, 0) is 33.2 Å². The molecule has 0 radical (unpaired) electrons. The Labute approximate surface area is 125 Å². The standard InChI is InChI=1S/C14H26N6O/c1-10(2)20-14(16-9-17-20)6-12(18-15)13-7-19-5-3-4-11(19)8-21-13/h9-13,18H,3-8,15H2,1-2H3. The van der Waals surface area contributed by atoms with Gasteiger partial charge >= 0.3 is 0 Å². The second-order valence-corrected chi connectivity index (χ2v) is 6.35. The Morgan fingerprint density at radius 3 is 3.14 bits per heavy atom. The molecule has 2 aliphatic heterocycles. The number of hydrogen-bond donors (Lipinski definition) is 2. The molecule has 3 N–H and O–H groups in total. The second-order valence-electron chi connectivity index (χ2n) is 6.35. The molecule has 1 aromatic heterocycles. The molecule has 7 nitrogen and oxygen atoms in total. The Balaban J connectivity index is 1.66. The van der Waals surface area contributed by atoms with Gasteiger partial charge in [-0.1, -0.05) is 0 Å². The number of nitrogens with one attached hydrogen (secondary N) is 1. The highest BCUT2D eigenvalue weighted by atomic mass is 16.5. The van der Waals surface area contributed by atoms with E-state index in [1.807, 2.05) is 4.68 Å².